The van der Waals surface area contributed by atoms with E-state index in [4.69, 9.17) is 5.73 Å². The van der Waals surface area contributed by atoms with Gasteiger partial charge in [0.1, 0.15) is 0 Å². The smallest absolute Gasteiger partial charge is 0.0954 e. The summed E-state index contributed by atoms with van der Waals surface area (Å²) in [4.78, 5) is 4.48. The van der Waals surface area contributed by atoms with Crippen molar-refractivity contribution in [2.24, 2.45) is 5.92 Å². The van der Waals surface area contributed by atoms with Crippen molar-refractivity contribution < 1.29 is 0 Å². The van der Waals surface area contributed by atoms with E-state index in [1.165, 1.54) is 25.7 Å². The van der Waals surface area contributed by atoms with E-state index in [2.05, 4.69) is 26.2 Å². The normalized spacial score (nSPS) is 15.4. The number of rotatable bonds is 4. The first kappa shape index (κ1) is 12.7. The summed E-state index contributed by atoms with van der Waals surface area (Å²) in [6, 6.07) is 6.00. The van der Waals surface area contributed by atoms with Crippen LogP contribution >= 0.6 is 15.9 Å². The third-order valence-corrected chi connectivity index (χ3v) is 4.38. The summed E-state index contributed by atoms with van der Waals surface area (Å²) in [5.41, 5.74) is 8.82. The fourth-order valence-corrected chi connectivity index (χ4v) is 2.88. The third-order valence-electron chi connectivity index (χ3n) is 3.94. The summed E-state index contributed by atoms with van der Waals surface area (Å²) in [6.45, 7) is 1.02. The van der Waals surface area contributed by atoms with E-state index in [-0.39, 0.29) is 0 Å². The molecule has 1 aromatic carbocycles. The van der Waals surface area contributed by atoms with Crippen LogP contribution in [0.1, 0.15) is 25.7 Å². The number of anilines is 2. The number of nitrogens with two attached hydrogens (primary N) is 1. The Balaban J connectivity index is 1.80. The minimum absolute atomic E-state index is 0.772. The van der Waals surface area contributed by atoms with E-state index in [0.717, 1.165) is 39.2 Å². The maximum absolute atomic E-state index is 6.01. The highest BCUT2D eigenvalue weighted by molar-refractivity contribution is 9.10. The van der Waals surface area contributed by atoms with Crippen molar-refractivity contribution in [3.8, 4) is 0 Å². The molecule has 1 aliphatic carbocycles. The van der Waals surface area contributed by atoms with Crippen LogP contribution in [0.25, 0.3) is 10.9 Å². The number of nitrogens with one attached hydrogen (secondary N) is 1. The van der Waals surface area contributed by atoms with Crippen molar-refractivity contribution >= 4 is 38.2 Å². The van der Waals surface area contributed by atoms with E-state index < -0.39 is 0 Å². The summed E-state index contributed by atoms with van der Waals surface area (Å²) in [6.07, 6.45) is 7.27. The summed E-state index contributed by atoms with van der Waals surface area (Å²) in [5, 5.41) is 4.50. The second-order valence-electron chi connectivity index (χ2n) is 5.26. The lowest BCUT2D eigenvalue weighted by Gasteiger charge is -2.25. The summed E-state index contributed by atoms with van der Waals surface area (Å²) >= 11 is 3.44. The van der Waals surface area contributed by atoms with Crippen molar-refractivity contribution in [2.45, 2.75) is 25.7 Å². The molecule has 19 heavy (non-hydrogen) atoms. The van der Waals surface area contributed by atoms with Gasteiger partial charge in [-0.25, -0.2) is 0 Å². The number of halogens is 1. The molecule has 0 bridgehead atoms. The van der Waals surface area contributed by atoms with Gasteiger partial charge in [0, 0.05) is 28.3 Å². The molecular weight excluding hydrogens is 302 g/mol. The predicted molar refractivity (Wildman–Crippen MR) is 84.3 cm³/mol. The van der Waals surface area contributed by atoms with Crippen molar-refractivity contribution in [3.05, 3.63) is 28.9 Å². The highest BCUT2D eigenvalue weighted by atomic mass is 79.9. The monoisotopic (exact) mass is 319 g/mol. The van der Waals surface area contributed by atoms with Crippen LogP contribution < -0.4 is 11.1 Å². The highest BCUT2D eigenvalue weighted by Crippen LogP contribution is 2.31. The first-order valence-electron chi connectivity index (χ1n) is 6.81. The van der Waals surface area contributed by atoms with Gasteiger partial charge in [-0.2, -0.15) is 0 Å². The number of nitrogens with zero attached hydrogens (tertiary/aromatic N) is 1. The lowest BCUT2D eigenvalue weighted by Crippen LogP contribution is -2.15. The molecule has 3 nitrogen and oxygen atoms in total. The van der Waals surface area contributed by atoms with Gasteiger partial charge in [0.05, 0.1) is 11.2 Å². The molecule has 1 heterocycles. The number of hydrogen-bond acceptors (Lipinski definition) is 3. The summed E-state index contributed by atoms with van der Waals surface area (Å²) in [5.74, 6) is 0.926. The van der Waals surface area contributed by atoms with Crippen LogP contribution in [0.5, 0.6) is 0 Å². The van der Waals surface area contributed by atoms with Crippen LogP contribution in [0.2, 0.25) is 0 Å². The topological polar surface area (TPSA) is 50.9 Å². The maximum Gasteiger partial charge on any atom is 0.0954 e. The molecule has 0 atom stereocenters. The number of hydrogen-bond donors (Lipinski definition) is 2. The van der Waals surface area contributed by atoms with Crippen molar-refractivity contribution in [3.63, 3.8) is 0 Å². The molecule has 0 spiro atoms. The molecule has 1 aromatic heterocycles. The first-order chi connectivity index (χ1) is 9.24. The van der Waals surface area contributed by atoms with E-state index in [1.807, 2.05) is 24.4 Å². The Bertz CT molecular complexity index is 593. The van der Waals surface area contributed by atoms with Crippen LogP contribution in [0.4, 0.5) is 11.4 Å². The zero-order valence-electron chi connectivity index (χ0n) is 10.8. The molecule has 3 rings (SSSR count). The van der Waals surface area contributed by atoms with E-state index in [9.17, 15) is 0 Å². The van der Waals surface area contributed by atoms with Crippen LogP contribution in [-0.4, -0.2) is 11.5 Å². The molecule has 100 valence electrons. The highest BCUT2D eigenvalue weighted by Gasteiger charge is 2.16. The van der Waals surface area contributed by atoms with Crippen LogP contribution in [0.15, 0.2) is 28.9 Å². The molecule has 1 fully saturated rings. The number of fused-ring (bicyclic) bond motifs is 1. The molecule has 1 saturated carbocycles. The number of nitrogen functional groups attached to an aromatic ring is 1. The van der Waals surface area contributed by atoms with Gasteiger partial charge in [0.2, 0.25) is 0 Å². The SMILES string of the molecule is Nc1ccc(NCCC2CCC2)c2ncc(Br)cc12. The van der Waals surface area contributed by atoms with Crippen molar-refractivity contribution in [1.29, 1.82) is 0 Å². The zero-order valence-corrected chi connectivity index (χ0v) is 12.4. The first-order valence-corrected chi connectivity index (χ1v) is 7.61. The van der Waals surface area contributed by atoms with Gasteiger partial charge in [-0.15, -0.1) is 0 Å². The quantitative estimate of drug-likeness (QED) is 0.831. The van der Waals surface area contributed by atoms with Gasteiger partial charge in [-0.3, -0.25) is 4.98 Å². The Labute approximate surface area is 121 Å². The van der Waals surface area contributed by atoms with Crippen LogP contribution in [-0.2, 0) is 0 Å². The summed E-state index contributed by atoms with van der Waals surface area (Å²) < 4.78 is 0.957. The summed E-state index contributed by atoms with van der Waals surface area (Å²) in [7, 11) is 0. The van der Waals surface area contributed by atoms with Gasteiger partial charge >= 0.3 is 0 Å². The van der Waals surface area contributed by atoms with Gasteiger partial charge in [-0.1, -0.05) is 19.3 Å². The lowest BCUT2D eigenvalue weighted by atomic mass is 9.83. The van der Waals surface area contributed by atoms with Gasteiger partial charge in [0.15, 0.2) is 0 Å². The Morgan fingerprint density at radius 2 is 2.21 bits per heavy atom. The molecule has 0 aliphatic heterocycles. The van der Waals surface area contributed by atoms with E-state index in [1.54, 1.807) is 0 Å². The third kappa shape index (κ3) is 2.68. The fraction of sp³-hybridized carbons (Fsp3) is 0.400. The van der Waals surface area contributed by atoms with E-state index in [0.29, 0.717) is 0 Å². The molecule has 3 N–H and O–H groups in total. The molecule has 1 aliphatic rings. The molecule has 0 radical (unpaired) electrons. The Morgan fingerprint density at radius 3 is 2.95 bits per heavy atom. The standard InChI is InChI=1S/C15H18BrN3/c16-11-8-12-13(17)4-5-14(15(12)19-9-11)18-7-6-10-2-1-3-10/h4-5,8-10,18H,1-3,6-7,17H2. The van der Waals surface area contributed by atoms with Crippen molar-refractivity contribution in [2.75, 3.05) is 17.6 Å². The molecule has 0 saturated heterocycles. The number of pyridine rings is 1. The number of benzene rings is 1. The Hall–Kier alpha value is -1.29. The minimum Gasteiger partial charge on any atom is -0.398 e. The molecular formula is C15H18BrN3. The molecule has 0 unspecified atom stereocenters. The lowest BCUT2D eigenvalue weighted by molar-refractivity contribution is 0.303. The second-order valence-corrected chi connectivity index (χ2v) is 6.18. The average Bonchev–Trinajstić information content (AvgIpc) is 2.35. The predicted octanol–water partition coefficient (Wildman–Crippen LogP) is 4.18. The largest absolute Gasteiger partial charge is 0.398 e. The molecule has 4 heteroatoms. The van der Waals surface area contributed by atoms with E-state index >= 15 is 0 Å². The molecule has 2 aromatic rings. The molecule has 0 amide bonds. The Morgan fingerprint density at radius 1 is 1.37 bits per heavy atom. The average molecular weight is 320 g/mol. The van der Waals surface area contributed by atoms with Crippen LogP contribution in [0.3, 0.4) is 0 Å². The minimum atomic E-state index is 0.772. The van der Waals surface area contributed by atoms with Crippen molar-refractivity contribution in [1.82, 2.24) is 4.98 Å². The number of aromatic nitrogens is 1. The van der Waals surface area contributed by atoms with Gasteiger partial charge in [-0.05, 0) is 46.5 Å². The second kappa shape index (κ2) is 5.37. The fourth-order valence-electron chi connectivity index (χ4n) is 2.55. The van der Waals surface area contributed by atoms with Gasteiger partial charge in [0.25, 0.3) is 0 Å². The Kier molecular flexibility index (Phi) is 3.60. The maximum atomic E-state index is 6.01. The van der Waals surface area contributed by atoms with Crippen LogP contribution in [0, 0.1) is 5.92 Å². The zero-order chi connectivity index (χ0) is 13.2. The van der Waals surface area contributed by atoms with Gasteiger partial charge < -0.3 is 11.1 Å².